The lowest BCUT2D eigenvalue weighted by Gasteiger charge is -2.28. The molecule has 0 unspecified atom stereocenters. The van der Waals surface area contributed by atoms with Crippen LogP contribution in [0.3, 0.4) is 0 Å². The van der Waals surface area contributed by atoms with Gasteiger partial charge >= 0.3 is 7.12 Å². The summed E-state index contributed by atoms with van der Waals surface area (Å²) in [5.74, 6) is 0.130. The molecule has 8 nitrogen and oxygen atoms in total. The fourth-order valence-corrected chi connectivity index (χ4v) is 2.73. The molecule has 2 N–H and O–H groups in total. The number of nitrogens with one attached hydrogen (secondary N) is 1. The molecule has 0 aliphatic carbocycles. The molecule has 2 aromatic rings. The van der Waals surface area contributed by atoms with Gasteiger partial charge in [0.05, 0.1) is 12.0 Å². The standard InChI is InChI=1S/C14H15BN4O4/c1-8(20)12-4-2-3-9-5-10(15(22)23-14(9)12)6-11(21)7-13-16-18-19-17-13/h2-4,10,22H,5-7H2,1H3,(H,16,17,18,19)/t10-/m1/s1. The summed E-state index contributed by atoms with van der Waals surface area (Å²) in [4.78, 5) is 23.7. The summed E-state index contributed by atoms with van der Waals surface area (Å²) in [5, 5.41) is 23.3. The van der Waals surface area contributed by atoms with Crippen molar-refractivity contribution in [3.8, 4) is 5.75 Å². The zero-order valence-electron chi connectivity index (χ0n) is 12.5. The van der Waals surface area contributed by atoms with Crippen molar-refractivity contribution in [2.24, 2.45) is 0 Å². The summed E-state index contributed by atoms with van der Waals surface area (Å²) in [6.07, 6.45) is 0.662. The van der Waals surface area contributed by atoms with Crippen LogP contribution in [-0.4, -0.2) is 44.3 Å². The zero-order chi connectivity index (χ0) is 16.4. The van der Waals surface area contributed by atoms with Crippen LogP contribution in [0.15, 0.2) is 18.2 Å². The Bertz CT molecular complexity index is 734. The number of H-pyrrole nitrogens is 1. The Morgan fingerprint density at radius 2 is 2.30 bits per heavy atom. The van der Waals surface area contributed by atoms with Crippen molar-refractivity contribution in [1.82, 2.24) is 20.6 Å². The number of fused-ring (bicyclic) bond motifs is 1. The fourth-order valence-electron chi connectivity index (χ4n) is 2.73. The third-order valence-corrected chi connectivity index (χ3v) is 3.83. The number of carbonyl (C=O) groups is 2. The fraction of sp³-hybridized carbons (Fsp3) is 0.357. The van der Waals surface area contributed by atoms with E-state index >= 15 is 0 Å². The van der Waals surface area contributed by atoms with Crippen LogP contribution in [-0.2, 0) is 17.6 Å². The van der Waals surface area contributed by atoms with Gasteiger partial charge in [-0.15, -0.1) is 10.2 Å². The Kier molecular flexibility index (Phi) is 4.20. The molecule has 2 heterocycles. The molecule has 1 aliphatic heterocycles. The summed E-state index contributed by atoms with van der Waals surface area (Å²) in [7, 11) is -1.13. The van der Waals surface area contributed by atoms with Crippen LogP contribution in [0.25, 0.3) is 0 Å². The van der Waals surface area contributed by atoms with E-state index in [1.807, 2.05) is 6.07 Å². The molecule has 0 saturated carbocycles. The van der Waals surface area contributed by atoms with Crippen molar-refractivity contribution in [1.29, 1.82) is 0 Å². The number of hydrogen-bond acceptors (Lipinski definition) is 7. The van der Waals surface area contributed by atoms with E-state index in [2.05, 4.69) is 20.6 Å². The normalized spacial score (nSPS) is 16.6. The van der Waals surface area contributed by atoms with Crippen molar-refractivity contribution in [3.63, 3.8) is 0 Å². The number of hydrogen-bond donors (Lipinski definition) is 2. The highest BCUT2D eigenvalue weighted by Gasteiger charge is 2.37. The van der Waals surface area contributed by atoms with Crippen molar-refractivity contribution < 1.29 is 19.3 Å². The monoisotopic (exact) mass is 314 g/mol. The van der Waals surface area contributed by atoms with Crippen LogP contribution >= 0.6 is 0 Å². The number of benzene rings is 1. The van der Waals surface area contributed by atoms with Gasteiger partial charge in [0.15, 0.2) is 11.6 Å². The van der Waals surface area contributed by atoms with Gasteiger partial charge in [0.25, 0.3) is 0 Å². The highest BCUT2D eigenvalue weighted by molar-refractivity contribution is 6.47. The molecule has 0 saturated heterocycles. The van der Waals surface area contributed by atoms with Gasteiger partial charge in [-0.05, 0) is 25.0 Å². The number of aromatic nitrogens is 4. The highest BCUT2D eigenvalue weighted by atomic mass is 16.5. The average Bonchev–Trinajstić information content (AvgIpc) is 3.00. The van der Waals surface area contributed by atoms with E-state index in [0.717, 1.165) is 5.56 Å². The smallest absolute Gasteiger partial charge is 0.526 e. The molecule has 3 rings (SSSR count). The molecule has 1 atom stereocenters. The largest absolute Gasteiger partial charge is 0.535 e. The first-order valence-electron chi connectivity index (χ1n) is 7.26. The molecule has 0 bridgehead atoms. The zero-order valence-corrected chi connectivity index (χ0v) is 12.5. The lowest BCUT2D eigenvalue weighted by atomic mass is 9.64. The number of ketones is 2. The van der Waals surface area contributed by atoms with Crippen LogP contribution in [0.4, 0.5) is 0 Å². The molecular weight excluding hydrogens is 299 g/mol. The van der Waals surface area contributed by atoms with Crippen molar-refractivity contribution in [2.75, 3.05) is 0 Å². The predicted molar refractivity (Wildman–Crippen MR) is 80.0 cm³/mol. The number of para-hydroxylation sites is 1. The third-order valence-electron chi connectivity index (χ3n) is 3.83. The lowest BCUT2D eigenvalue weighted by molar-refractivity contribution is -0.118. The van der Waals surface area contributed by atoms with Gasteiger partial charge in [0.1, 0.15) is 11.5 Å². The van der Waals surface area contributed by atoms with E-state index in [9.17, 15) is 14.6 Å². The van der Waals surface area contributed by atoms with Crippen LogP contribution in [0, 0.1) is 0 Å². The highest BCUT2D eigenvalue weighted by Crippen LogP contribution is 2.36. The van der Waals surface area contributed by atoms with Gasteiger partial charge in [-0.1, -0.05) is 17.3 Å². The molecule has 118 valence electrons. The number of carbonyl (C=O) groups excluding carboxylic acids is 2. The lowest BCUT2D eigenvalue weighted by Crippen LogP contribution is -2.36. The molecule has 1 aliphatic rings. The number of aromatic amines is 1. The van der Waals surface area contributed by atoms with Gasteiger partial charge in [-0.2, -0.15) is 5.21 Å². The van der Waals surface area contributed by atoms with Crippen LogP contribution in [0.1, 0.15) is 35.1 Å². The van der Waals surface area contributed by atoms with E-state index in [0.29, 0.717) is 23.6 Å². The van der Waals surface area contributed by atoms with Crippen LogP contribution in [0.2, 0.25) is 5.82 Å². The second-order valence-corrected chi connectivity index (χ2v) is 5.57. The first-order valence-corrected chi connectivity index (χ1v) is 7.26. The number of nitrogens with zero attached hydrogens (tertiary/aromatic N) is 3. The van der Waals surface area contributed by atoms with E-state index in [1.165, 1.54) is 6.92 Å². The van der Waals surface area contributed by atoms with Gasteiger partial charge in [0, 0.05) is 12.2 Å². The minimum atomic E-state index is -1.13. The Hall–Kier alpha value is -2.55. The summed E-state index contributed by atoms with van der Waals surface area (Å²) >= 11 is 0. The van der Waals surface area contributed by atoms with Crippen molar-refractivity contribution in [2.45, 2.75) is 32.0 Å². The quantitative estimate of drug-likeness (QED) is 0.605. The maximum absolute atomic E-state index is 12.1. The molecule has 0 spiro atoms. The average molecular weight is 314 g/mol. The van der Waals surface area contributed by atoms with Gasteiger partial charge in [0.2, 0.25) is 0 Å². The maximum Gasteiger partial charge on any atom is 0.526 e. The topological polar surface area (TPSA) is 118 Å². The minimum Gasteiger partial charge on any atom is -0.535 e. The predicted octanol–water partition coefficient (Wildman–Crippen LogP) is 0.390. The molecular formula is C14H15BN4O4. The summed E-state index contributed by atoms with van der Waals surface area (Å²) in [5.41, 5.74) is 1.26. The number of rotatable bonds is 5. The molecule has 23 heavy (non-hydrogen) atoms. The van der Waals surface area contributed by atoms with Crippen molar-refractivity contribution in [3.05, 3.63) is 35.2 Å². The van der Waals surface area contributed by atoms with Gasteiger partial charge in [-0.25, -0.2) is 0 Å². The molecule has 0 amide bonds. The van der Waals surface area contributed by atoms with Crippen molar-refractivity contribution >= 4 is 18.7 Å². The first kappa shape index (κ1) is 15.4. The first-order chi connectivity index (χ1) is 11.0. The SMILES string of the molecule is CC(=O)c1cccc2c1OB(O)[C@@H](CC(=O)Cc1nn[nH]n1)C2. The Labute approximate surface area is 132 Å². The third kappa shape index (κ3) is 3.29. The van der Waals surface area contributed by atoms with E-state index in [-0.39, 0.29) is 30.2 Å². The molecule has 9 heteroatoms. The Morgan fingerprint density at radius 3 is 3.00 bits per heavy atom. The molecule has 1 aromatic heterocycles. The number of tetrazole rings is 1. The second kappa shape index (κ2) is 6.29. The summed E-state index contributed by atoms with van der Waals surface area (Å²) in [6, 6.07) is 5.27. The van der Waals surface area contributed by atoms with E-state index in [1.54, 1.807) is 12.1 Å². The minimum absolute atomic E-state index is 0.0556. The van der Waals surface area contributed by atoms with Crippen LogP contribution < -0.4 is 4.65 Å². The van der Waals surface area contributed by atoms with Gasteiger partial charge < -0.3 is 9.68 Å². The van der Waals surface area contributed by atoms with Gasteiger partial charge in [-0.3, -0.25) is 9.59 Å². The molecule has 0 radical (unpaired) electrons. The molecule has 1 aromatic carbocycles. The summed E-state index contributed by atoms with van der Waals surface area (Å²) < 4.78 is 5.51. The van der Waals surface area contributed by atoms with E-state index < -0.39 is 7.12 Å². The second-order valence-electron chi connectivity index (χ2n) is 5.57. The molecule has 0 fully saturated rings. The van der Waals surface area contributed by atoms with Crippen LogP contribution in [0.5, 0.6) is 5.75 Å². The maximum atomic E-state index is 12.1. The number of Topliss-reactive ketones (excluding diaryl/α,β-unsaturated/α-hetero) is 2. The van der Waals surface area contributed by atoms with E-state index in [4.69, 9.17) is 4.65 Å². The Balaban J connectivity index is 1.72. The Morgan fingerprint density at radius 1 is 1.48 bits per heavy atom. The summed E-state index contributed by atoms with van der Waals surface area (Å²) in [6.45, 7) is 1.45.